The van der Waals surface area contributed by atoms with Crippen LogP contribution >= 0.6 is 0 Å². The second kappa shape index (κ2) is 10.8. The molecular formula is C16H16Cl2SiZr-3. The molecule has 2 aliphatic rings. The van der Waals surface area contributed by atoms with Crippen LogP contribution in [0.15, 0.2) is 47.2 Å². The molecule has 1 aromatic carbocycles. The van der Waals surface area contributed by atoms with E-state index in [-0.39, 0.29) is 65.9 Å². The minimum atomic E-state index is 0. The zero-order valence-corrected chi connectivity index (χ0v) is 16.6. The SMILES string of the molecule is [CH3-].[CH3-].[Cl-].[Cl-].[Si]C1=CC[C-]=C1C1C=Cc2ccccc21.[Zr+2]. The van der Waals surface area contributed by atoms with Gasteiger partial charge < -0.3 is 39.7 Å². The number of rotatable bonds is 1. The van der Waals surface area contributed by atoms with Gasteiger partial charge in [-0.3, -0.25) is 6.08 Å². The maximum atomic E-state index is 3.65. The Balaban J connectivity index is -0.000000578. The van der Waals surface area contributed by atoms with E-state index in [4.69, 9.17) is 0 Å². The van der Waals surface area contributed by atoms with Crippen LogP contribution in [0.3, 0.4) is 0 Å². The molecule has 4 heteroatoms. The maximum absolute atomic E-state index is 3.65. The van der Waals surface area contributed by atoms with Crippen molar-refractivity contribution >= 4 is 16.3 Å². The predicted octanol–water partition coefficient (Wildman–Crippen LogP) is -2.11. The van der Waals surface area contributed by atoms with E-state index in [0.717, 1.165) is 6.42 Å². The molecule has 0 saturated carbocycles. The number of benzene rings is 1. The van der Waals surface area contributed by atoms with Crippen molar-refractivity contribution in [1.82, 2.24) is 0 Å². The van der Waals surface area contributed by atoms with Crippen LogP contribution < -0.4 is 24.8 Å². The average molecular weight is 399 g/mol. The molecule has 0 saturated heterocycles. The molecule has 20 heavy (non-hydrogen) atoms. The number of halogens is 2. The molecule has 1 unspecified atom stereocenters. The van der Waals surface area contributed by atoms with Crippen LogP contribution in [0.2, 0.25) is 0 Å². The third-order valence-corrected chi connectivity index (χ3v) is 3.47. The summed E-state index contributed by atoms with van der Waals surface area (Å²) >= 11 is 0. The van der Waals surface area contributed by atoms with Crippen molar-refractivity contribution < 1.29 is 51.0 Å². The molecule has 0 nitrogen and oxygen atoms in total. The van der Waals surface area contributed by atoms with Crippen molar-refractivity contribution in [2.24, 2.45) is 0 Å². The van der Waals surface area contributed by atoms with E-state index in [0.29, 0.717) is 5.92 Å². The Morgan fingerprint density at radius 3 is 2.35 bits per heavy atom. The fraction of sp³-hybridized carbons (Fsp3) is 0.125. The summed E-state index contributed by atoms with van der Waals surface area (Å²) in [5, 5.41) is 1.20. The molecule has 0 fully saturated rings. The molecule has 0 N–H and O–H groups in total. The van der Waals surface area contributed by atoms with E-state index in [1.165, 1.54) is 21.9 Å². The minimum Gasteiger partial charge on any atom is -1.00 e. The summed E-state index contributed by atoms with van der Waals surface area (Å²) in [4.78, 5) is 0. The van der Waals surface area contributed by atoms with Crippen LogP contribution in [0.1, 0.15) is 23.5 Å². The van der Waals surface area contributed by atoms with Crippen LogP contribution in [0.4, 0.5) is 0 Å². The number of hydrogen-bond donors (Lipinski definition) is 0. The standard InChI is InChI=1S/C14H10Si.2CH3.2ClH.Zr/c15-14-7-3-6-13(14)12-9-8-10-4-1-2-5-11(10)12;;;;;/h1-2,4-5,7-9,12H,3H2;2*1H3;2*1H;/q3*-1;;;+2/p-2. The van der Waals surface area contributed by atoms with Gasteiger partial charge in [0.25, 0.3) is 0 Å². The Morgan fingerprint density at radius 2 is 1.75 bits per heavy atom. The van der Waals surface area contributed by atoms with Gasteiger partial charge in [-0.15, -0.1) is 6.42 Å². The molecule has 0 spiro atoms. The van der Waals surface area contributed by atoms with Crippen molar-refractivity contribution in [2.75, 3.05) is 0 Å². The monoisotopic (exact) mass is 396 g/mol. The van der Waals surface area contributed by atoms with Crippen molar-refractivity contribution in [3.05, 3.63) is 79.2 Å². The molecule has 1 atom stereocenters. The van der Waals surface area contributed by atoms with E-state index in [1.807, 2.05) is 0 Å². The molecule has 3 rings (SSSR count). The van der Waals surface area contributed by atoms with Crippen LogP contribution in [0, 0.1) is 20.9 Å². The van der Waals surface area contributed by atoms with Crippen molar-refractivity contribution in [3.8, 4) is 0 Å². The average Bonchev–Trinajstić information content (AvgIpc) is 2.83. The van der Waals surface area contributed by atoms with Crippen LogP contribution in [-0.4, -0.2) is 10.2 Å². The van der Waals surface area contributed by atoms with Gasteiger partial charge in [0.2, 0.25) is 0 Å². The van der Waals surface area contributed by atoms with E-state index in [9.17, 15) is 0 Å². The number of hydrogen-bond acceptors (Lipinski definition) is 0. The van der Waals surface area contributed by atoms with Crippen LogP contribution in [0.25, 0.3) is 6.08 Å². The van der Waals surface area contributed by atoms with Gasteiger partial charge in [-0.25, -0.2) is 10.8 Å². The van der Waals surface area contributed by atoms with E-state index >= 15 is 0 Å². The first kappa shape index (κ1) is 25.1. The maximum Gasteiger partial charge on any atom is 2.00 e. The van der Waals surface area contributed by atoms with Gasteiger partial charge in [0.1, 0.15) is 0 Å². The van der Waals surface area contributed by atoms with E-state index < -0.39 is 0 Å². The second-order valence-electron chi connectivity index (χ2n) is 3.88. The van der Waals surface area contributed by atoms with E-state index in [2.05, 4.69) is 58.8 Å². The Bertz CT molecular complexity index is 507. The first-order chi connectivity index (χ1) is 7.36. The number of fused-ring (bicyclic) bond motifs is 1. The van der Waals surface area contributed by atoms with Crippen molar-refractivity contribution in [1.29, 1.82) is 0 Å². The summed E-state index contributed by atoms with van der Waals surface area (Å²) < 4.78 is 0. The van der Waals surface area contributed by atoms with Gasteiger partial charge in [-0.2, -0.15) is 6.08 Å². The zero-order valence-electron chi connectivity index (χ0n) is 11.6. The fourth-order valence-electron chi connectivity index (χ4n) is 2.25. The van der Waals surface area contributed by atoms with Gasteiger partial charge in [-0.1, -0.05) is 46.7 Å². The molecule has 2 aliphatic carbocycles. The molecular weight excluding hydrogens is 382 g/mol. The summed E-state index contributed by atoms with van der Waals surface area (Å²) in [6, 6.07) is 8.55. The predicted molar refractivity (Wildman–Crippen MR) is 76.3 cm³/mol. The van der Waals surface area contributed by atoms with Crippen molar-refractivity contribution in [3.63, 3.8) is 0 Å². The minimum absolute atomic E-state index is 0. The Morgan fingerprint density at radius 1 is 1.10 bits per heavy atom. The quantitative estimate of drug-likeness (QED) is 0.375. The van der Waals surface area contributed by atoms with E-state index in [1.54, 1.807) is 0 Å². The van der Waals surface area contributed by atoms with Gasteiger partial charge in [-0.05, 0) is 17.0 Å². The molecule has 0 aromatic heterocycles. The van der Waals surface area contributed by atoms with Gasteiger partial charge in [0, 0.05) is 0 Å². The smallest absolute Gasteiger partial charge is 1.00 e. The largest absolute Gasteiger partial charge is 2.00 e. The molecule has 105 valence electrons. The van der Waals surface area contributed by atoms with Crippen LogP contribution in [-0.2, 0) is 26.2 Å². The zero-order chi connectivity index (χ0) is 10.3. The summed E-state index contributed by atoms with van der Waals surface area (Å²) in [7, 11) is 3.65. The Hall–Kier alpha value is 0.120. The molecule has 1 aromatic rings. The molecule has 0 amide bonds. The number of allylic oxidation sites excluding steroid dienone is 5. The first-order valence-electron chi connectivity index (χ1n) is 5.16. The first-order valence-corrected chi connectivity index (χ1v) is 5.66. The molecule has 0 bridgehead atoms. The third-order valence-electron chi connectivity index (χ3n) is 3.00. The summed E-state index contributed by atoms with van der Waals surface area (Å²) in [5.74, 6) is 0.396. The fourth-order valence-corrected chi connectivity index (χ4v) is 2.59. The molecule has 0 aliphatic heterocycles. The summed E-state index contributed by atoms with van der Waals surface area (Å²) in [6.45, 7) is 0. The van der Waals surface area contributed by atoms with Gasteiger partial charge in [0.05, 0.1) is 0 Å². The molecule has 3 radical (unpaired) electrons. The van der Waals surface area contributed by atoms with Crippen molar-refractivity contribution in [2.45, 2.75) is 12.3 Å². The Labute approximate surface area is 158 Å². The summed E-state index contributed by atoms with van der Waals surface area (Å²) in [5.41, 5.74) is 4.02. The normalized spacial score (nSPS) is 16.9. The Kier molecular flexibility index (Phi) is 13.5. The van der Waals surface area contributed by atoms with Crippen LogP contribution in [0.5, 0.6) is 0 Å². The molecule has 0 heterocycles. The summed E-state index contributed by atoms with van der Waals surface area (Å²) in [6.07, 6.45) is 11.0. The topological polar surface area (TPSA) is 0 Å². The van der Waals surface area contributed by atoms with Gasteiger partial charge in [0.15, 0.2) is 0 Å². The second-order valence-corrected chi connectivity index (χ2v) is 4.42. The third kappa shape index (κ3) is 4.56. The van der Waals surface area contributed by atoms with Gasteiger partial charge >= 0.3 is 26.2 Å².